The van der Waals surface area contributed by atoms with Gasteiger partial charge in [-0.2, -0.15) is 0 Å². The molecular weight excluding hydrogens is 275 g/mol. The van der Waals surface area contributed by atoms with Gasteiger partial charge in [-0.1, -0.05) is 0 Å². The fourth-order valence-electron chi connectivity index (χ4n) is 0.0800. The van der Waals surface area contributed by atoms with E-state index in [9.17, 15) is 0 Å². The van der Waals surface area contributed by atoms with E-state index in [1.54, 1.807) is 0 Å². The quantitative estimate of drug-likeness (QED) is 0.303. The molecule has 0 saturated carbocycles. The Balaban J connectivity index is 3.29. The van der Waals surface area contributed by atoms with Crippen molar-refractivity contribution in [2.45, 2.75) is 9.26 Å². The van der Waals surface area contributed by atoms with Crippen molar-refractivity contribution in [1.82, 2.24) is 0 Å². The minimum atomic E-state index is -1.46. The van der Waals surface area contributed by atoms with Gasteiger partial charge in [-0.05, 0) is 0 Å². The zero-order chi connectivity index (χ0) is 4.99. The monoisotopic (exact) mass is 281 g/mol. The molecule has 0 aliphatic heterocycles. The number of rotatable bonds is 1. The predicted octanol–water partition coefficient (Wildman–Crippen LogP) is 1.55. The van der Waals surface area contributed by atoms with Gasteiger partial charge in [-0.15, -0.1) is 0 Å². The van der Waals surface area contributed by atoms with E-state index in [0.29, 0.717) is 0 Å². The van der Waals surface area contributed by atoms with Gasteiger partial charge < -0.3 is 0 Å². The van der Waals surface area contributed by atoms with Crippen LogP contribution in [0, 0.1) is 0 Å². The average Bonchev–Trinajstić information content (AvgIpc) is 1.35. The summed E-state index contributed by atoms with van der Waals surface area (Å²) in [6.45, 7) is 0. The topological polar surface area (TPSA) is 48.8 Å². The molecule has 0 saturated heterocycles. The Morgan fingerprint density at radius 2 is 2.17 bits per heavy atom. The van der Waals surface area contributed by atoms with Crippen LogP contribution in [-0.4, -0.2) is 22.0 Å². The fourth-order valence-corrected chi connectivity index (χ4v) is 0.702. The molecule has 0 heterocycles. The van der Waals surface area contributed by atoms with Crippen molar-refractivity contribution in [3.63, 3.8) is 0 Å². The molecule has 0 bridgehead atoms. The Morgan fingerprint density at radius 3 is 2.17 bits per heavy atom. The van der Waals surface area contributed by atoms with Crippen molar-refractivity contribution >= 4 is 22.0 Å². The van der Waals surface area contributed by atoms with E-state index in [2.05, 4.69) is 7.97 Å². The zero-order valence-corrected chi connectivity index (χ0v) is 7.27. The molecule has 3 nitrogen and oxygen atoms in total. The third-order valence-electron chi connectivity index (χ3n) is 0.219. The Bertz CT molecular complexity index is 72.9. The van der Waals surface area contributed by atoms with Crippen LogP contribution in [0.15, 0.2) is 3.06 Å². The predicted molar refractivity (Wildman–Crippen MR) is 26.6 cm³/mol. The first kappa shape index (κ1) is 6.19. The van der Waals surface area contributed by atoms with E-state index in [-0.39, 0.29) is 0 Å². The first-order chi connectivity index (χ1) is 2.77. The second-order valence-electron chi connectivity index (χ2n) is 1.03. The molecule has 6 heavy (non-hydrogen) atoms. The van der Waals surface area contributed by atoms with Crippen LogP contribution in [0.2, 0.25) is 9.26 Å². The summed E-state index contributed by atoms with van der Waals surface area (Å²) in [5.74, 6) is 0. The van der Waals surface area contributed by atoms with Crippen LogP contribution in [0.3, 0.4) is 0 Å². The molecule has 0 N–H and O–H groups in total. The van der Waals surface area contributed by atoms with Crippen molar-refractivity contribution in [2.75, 3.05) is 0 Å². The number of hydrogen-bond acceptors (Lipinski definition) is 1. The van der Waals surface area contributed by atoms with Crippen molar-refractivity contribution in [3.05, 3.63) is 10.4 Å². The Morgan fingerprint density at radius 1 is 1.67 bits per heavy atom. The van der Waals surface area contributed by atoms with E-state index in [4.69, 9.17) is 5.53 Å². The first-order valence-electron chi connectivity index (χ1n) is 1.49. The van der Waals surface area contributed by atoms with Crippen molar-refractivity contribution < 1.29 is 0 Å². The van der Waals surface area contributed by atoms with Gasteiger partial charge in [0.25, 0.3) is 0 Å². The third kappa shape index (κ3) is 4.19. The normalized spacial score (nSPS) is 7.83. The van der Waals surface area contributed by atoms with Crippen molar-refractivity contribution in [3.8, 4) is 0 Å². The van der Waals surface area contributed by atoms with Gasteiger partial charge in [0.15, 0.2) is 0 Å². The number of azide groups is 1. The molecule has 0 radical (unpaired) electrons. The van der Waals surface area contributed by atoms with Crippen LogP contribution in [0.1, 0.15) is 0 Å². The van der Waals surface area contributed by atoms with Crippen molar-refractivity contribution in [1.29, 1.82) is 0 Å². The van der Waals surface area contributed by atoms with E-state index in [0.717, 1.165) is 0 Å². The maximum absolute atomic E-state index is 7.75. The van der Waals surface area contributed by atoms with Gasteiger partial charge in [-0.3, -0.25) is 0 Å². The summed E-state index contributed by atoms with van der Waals surface area (Å²) >= 11 is -1.46. The first-order valence-corrected chi connectivity index (χ1v) is 10.0. The summed E-state index contributed by atoms with van der Waals surface area (Å²) in [6.07, 6.45) is 0. The van der Waals surface area contributed by atoms with Gasteiger partial charge in [0, 0.05) is 0 Å². The molecule has 34 valence electrons. The minimum absolute atomic E-state index is 1.46. The summed E-state index contributed by atoms with van der Waals surface area (Å²) in [5, 5.41) is 0. The molecule has 0 atom stereocenters. The fraction of sp³-hybridized carbons (Fsp3) is 1.00. The van der Waals surface area contributed by atoms with Gasteiger partial charge in [-0.25, -0.2) is 0 Å². The molecule has 0 aliphatic carbocycles. The van der Waals surface area contributed by atoms with Gasteiger partial charge >= 0.3 is 44.8 Å². The molecule has 0 aliphatic rings. The van der Waals surface area contributed by atoms with E-state index in [1.807, 2.05) is 9.26 Å². The molecule has 0 fully saturated rings. The summed E-state index contributed by atoms with van der Waals surface area (Å²) in [4.78, 5) is 2.65. The molecule has 0 rings (SSSR count). The van der Waals surface area contributed by atoms with Gasteiger partial charge in [0.2, 0.25) is 0 Å². The van der Waals surface area contributed by atoms with E-state index < -0.39 is 22.0 Å². The van der Waals surface area contributed by atoms with Gasteiger partial charge in [0.1, 0.15) is 0 Å². The molecule has 4 heteroatoms. The molecule has 0 amide bonds. The molecule has 0 aromatic carbocycles. The third-order valence-corrected chi connectivity index (χ3v) is 1.92. The summed E-state index contributed by atoms with van der Waals surface area (Å²) in [7, 11) is 0. The number of nitrogens with zero attached hydrogens (tertiary/aromatic N) is 3. The summed E-state index contributed by atoms with van der Waals surface area (Å²) in [6, 6.07) is 0. The Labute approximate surface area is 45.1 Å². The molecule has 0 unspecified atom stereocenters. The average molecular weight is 281 g/mol. The molecular formula is C2H6BiN3. The van der Waals surface area contributed by atoms with Gasteiger partial charge in [0.05, 0.1) is 0 Å². The van der Waals surface area contributed by atoms with Crippen LogP contribution in [0.5, 0.6) is 0 Å². The Hall–Kier alpha value is 0.193. The Kier molecular flexibility index (Phi) is 3.49. The molecule has 0 spiro atoms. The second-order valence-corrected chi connectivity index (χ2v) is 8.31. The van der Waals surface area contributed by atoms with Crippen LogP contribution in [0.4, 0.5) is 0 Å². The van der Waals surface area contributed by atoms with Crippen LogP contribution >= 0.6 is 0 Å². The van der Waals surface area contributed by atoms with Crippen LogP contribution in [-0.2, 0) is 0 Å². The maximum atomic E-state index is 7.75. The summed E-state index contributed by atoms with van der Waals surface area (Å²) in [5.41, 5.74) is 7.75. The number of hydrogen-bond donors (Lipinski definition) is 0. The van der Waals surface area contributed by atoms with Crippen molar-refractivity contribution in [2.24, 2.45) is 3.06 Å². The SMILES string of the molecule is [CH3][Bi]([CH3])[N]=[N+]=[N-]. The summed E-state index contributed by atoms with van der Waals surface area (Å²) < 4.78 is 7.58. The zero-order valence-electron chi connectivity index (χ0n) is 3.79. The second kappa shape index (κ2) is 3.39. The molecule has 0 aromatic heterocycles. The van der Waals surface area contributed by atoms with Crippen LogP contribution < -0.4 is 0 Å². The van der Waals surface area contributed by atoms with E-state index >= 15 is 0 Å². The molecule has 0 aromatic rings. The van der Waals surface area contributed by atoms with Crippen LogP contribution in [0.25, 0.3) is 10.4 Å². The standard InChI is InChI=1S/2CH3.Bi.N3/c;;;1-3-2/h2*1H3;;/q;;+1;-1. The van der Waals surface area contributed by atoms with E-state index in [1.165, 1.54) is 0 Å².